The highest BCUT2D eigenvalue weighted by atomic mass is 19.1. The van der Waals surface area contributed by atoms with Crippen LogP contribution in [0.4, 0.5) is 4.39 Å². The predicted molar refractivity (Wildman–Crippen MR) is 113 cm³/mol. The second kappa shape index (κ2) is 7.60. The van der Waals surface area contributed by atoms with Gasteiger partial charge in [0, 0.05) is 30.1 Å². The van der Waals surface area contributed by atoms with Gasteiger partial charge in [0.15, 0.2) is 0 Å². The van der Waals surface area contributed by atoms with Crippen LogP contribution >= 0.6 is 0 Å². The molecule has 0 saturated heterocycles. The number of halogens is 1. The fraction of sp³-hybridized carbons (Fsp3) is 0.227. The zero-order chi connectivity index (χ0) is 20.5. The average Bonchev–Trinajstić information content (AvgIpc) is 2.93. The number of fused-ring (bicyclic) bond motifs is 1. The summed E-state index contributed by atoms with van der Waals surface area (Å²) in [7, 11) is 1.84. The highest BCUT2D eigenvalue weighted by Crippen LogP contribution is 2.35. The molecule has 0 fully saturated rings. The minimum absolute atomic E-state index is 0.208. The standard InChI is InChI=1S/C22H22FN5O/c1-13(23)15-6-4-3-5-7-16(15)21-19(12-25-28(21)2)14-8-9-17-18(10-14)20(11-24)26-27-22(17)29/h3-5,7-10,12-13H,6,11,24H2,1-2H3,(H,27,29). The van der Waals surface area contributed by atoms with Gasteiger partial charge in [-0.25, -0.2) is 9.49 Å². The van der Waals surface area contributed by atoms with Gasteiger partial charge in [0.05, 0.1) is 23.0 Å². The summed E-state index contributed by atoms with van der Waals surface area (Å²) < 4.78 is 16.2. The maximum absolute atomic E-state index is 14.4. The summed E-state index contributed by atoms with van der Waals surface area (Å²) in [4.78, 5) is 12.1. The lowest BCUT2D eigenvalue weighted by atomic mass is 9.94. The van der Waals surface area contributed by atoms with Crippen molar-refractivity contribution >= 4 is 16.3 Å². The number of H-pyrrole nitrogens is 1. The maximum atomic E-state index is 14.4. The number of alkyl halides is 1. The van der Waals surface area contributed by atoms with E-state index in [1.54, 1.807) is 23.9 Å². The Morgan fingerprint density at radius 1 is 1.31 bits per heavy atom. The number of aryl methyl sites for hydroxylation is 1. The zero-order valence-corrected chi connectivity index (χ0v) is 16.3. The highest BCUT2D eigenvalue weighted by molar-refractivity contribution is 5.92. The van der Waals surface area contributed by atoms with E-state index in [1.165, 1.54) is 0 Å². The number of rotatable bonds is 4. The number of aromatic amines is 1. The van der Waals surface area contributed by atoms with Crippen LogP contribution in [0.15, 0.2) is 59.1 Å². The molecule has 7 heteroatoms. The molecule has 1 atom stereocenters. The van der Waals surface area contributed by atoms with Crippen LogP contribution in [0, 0.1) is 0 Å². The Morgan fingerprint density at radius 2 is 2.14 bits per heavy atom. The zero-order valence-electron chi connectivity index (χ0n) is 16.3. The second-order valence-electron chi connectivity index (χ2n) is 7.04. The van der Waals surface area contributed by atoms with Gasteiger partial charge in [-0.2, -0.15) is 10.2 Å². The van der Waals surface area contributed by atoms with Crippen molar-refractivity contribution < 1.29 is 4.39 Å². The Kier molecular flexibility index (Phi) is 4.98. The highest BCUT2D eigenvalue weighted by Gasteiger charge is 2.21. The number of benzene rings is 1. The van der Waals surface area contributed by atoms with Crippen LogP contribution in [-0.4, -0.2) is 26.1 Å². The first-order valence-electron chi connectivity index (χ1n) is 9.45. The van der Waals surface area contributed by atoms with Gasteiger partial charge in [-0.05, 0) is 36.6 Å². The van der Waals surface area contributed by atoms with Crippen molar-refractivity contribution in [2.45, 2.75) is 26.1 Å². The molecule has 1 aliphatic rings. The van der Waals surface area contributed by atoms with Gasteiger partial charge in [0.1, 0.15) is 6.17 Å². The third-order valence-electron chi connectivity index (χ3n) is 5.24. The predicted octanol–water partition coefficient (Wildman–Crippen LogP) is 3.41. The molecular weight excluding hydrogens is 369 g/mol. The van der Waals surface area contributed by atoms with E-state index in [4.69, 9.17) is 5.73 Å². The van der Waals surface area contributed by atoms with Crippen LogP contribution in [0.5, 0.6) is 0 Å². The number of nitrogens with one attached hydrogen (secondary N) is 1. The molecule has 4 rings (SSSR count). The SMILES string of the molecule is CC(F)C1=C(c2c(-c3ccc4c(=O)[nH]nc(CN)c4c3)cnn2C)C=CC=CC1. The number of hydrogen-bond donors (Lipinski definition) is 2. The molecule has 29 heavy (non-hydrogen) atoms. The molecule has 148 valence electrons. The summed E-state index contributed by atoms with van der Waals surface area (Å²) in [5.74, 6) is 0. The summed E-state index contributed by atoms with van der Waals surface area (Å²) in [6, 6.07) is 5.53. The van der Waals surface area contributed by atoms with E-state index >= 15 is 0 Å². The van der Waals surface area contributed by atoms with Crippen LogP contribution in [0.25, 0.3) is 27.5 Å². The molecule has 1 unspecified atom stereocenters. The fourth-order valence-corrected chi connectivity index (χ4v) is 3.76. The molecule has 0 radical (unpaired) electrons. The van der Waals surface area contributed by atoms with E-state index in [1.807, 2.05) is 43.5 Å². The molecule has 6 nitrogen and oxygen atoms in total. The average molecular weight is 391 g/mol. The lowest BCUT2D eigenvalue weighted by molar-refractivity contribution is 0.408. The molecule has 0 amide bonds. The summed E-state index contributed by atoms with van der Waals surface area (Å²) in [6.45, 7) is 1.76. The molecule has 0 bridgehead atoms. The van der Waals surface area contributed by atoms with E-state index in [2.05, 4.69) is 15.3 Å². The molecule has 1 aromatic carbocycles. The molecule has 1 aliphatic carbocycles. The van der Waals surface area contributed by atoms with Gasteiger partial charge in [0.25, 0.3) is 5.56 Å². The number of nitrogens with two attached hydrogens (primary N) is 1. The molecule has 0 saturated carbocycles. The Labute approximate surface area is 167 Å². The number of nitrogens with zero attached hydrogens (tertiary/aromatic N) is 3. The number of allylic oxidation sites excluding steroid dienone is 6. The van der Waals surface area contributed by atoms with Crippen LogP contribution in [0.1, 0.15) is 24.7 Å². The normalized spacial score (nSPS) is 15.2. The van der Waals surface area contributed by atoms with Gasteiger partial charge in [-0.3, -0.25) is 9.48 Å². The topological polar surface area (TPSA) is 89.6 Å². The van der Waals surface area contributed by atoms with Crippen molar-refractivity contribution in [3.05, 3.63) is 76.0 Å². The number of hydrogen-bond acceptors (Lipinski definition) is 4. The minimum atomic E-state index is -1.08. The minimum Gasteiger partial charge on any atom is -0.325 e. The largest absolute Gasteiger partial charge is 0.325 e. The monoisotopic (exact) mass is 391 g/mol. The molecule has 2 heterocycles. The van der Waals surface area contributed by atoms with E-state index in [-0.39, 0.29) is 12.1 Å². The molecule has 0 spiro atoms. The first kappa shape index (κ1) is 19.0. The van der Waals surface area contributed by atoms with Crippen LogP contribution in [-0.2, 0) is 13.6 Å². The van der Waals surface area contributed by atoms with Crippen molar-refractivity contribution in [3.8, 4) is 11.1 Å². The quantitative estimate of drug-likeness (QED) is 0.713. The number of aromatic nitrogens is 4. The van der Waals surface area contributed by atoms with Gasteiger partial charge in [-0.15, -0.1) is 0 Å². The van der Waals surface area contributed by atoms with Crippen molar-refractivity contribution in [2.75, 3.05) is 0 Å². The molecule has 0 aliphatic heterocycles. The Morgan fingerprint density at radius 3 is 2.90 bits per heavy atom. The summed E-state index contributed by atoms with van der Waals surface area (Å²) >= 11 is 0. The molecule has 3 N–H and O–H groups in total. The summed E-state index contributed by atoms with van der Waals surface area (Å²) in [5, 5.41) is 12.2. The van der Waals surface area contributed by atoms with Gasteiger partial charge < -0.3 is 5.73 Å². The van der Waals surface area contributed by atoms with Crippen molar-refractivity contribution in [1.29, 1.82) is 0 Å². The van der Waals surface area contributed by atoms with Crippen molar-refractivity contribution in [1.82, 2.24) is 20.0 Å². The third kappa shape index (κ3) is 3.34. The third-order valence-corrected chi connectivity index (χ3v) is 5.24. The Bertz CT molecular complexity index is 1230. The van der Waals surface area contributed by atoms with E-state index in [9.17, 15) is 9.18 Å². The maximum Gasteiger partial charge on any atom is 0.272 e. The van der Waals surface area contributed by atoms with Gasteiger partial charge >= 0.3 is 0 Å². The van der Waals surface area contributed by atoms with Crippen molar-refractivity contribution in [2.24, 2.45) is 12.8 Å². The molecular formula is C22H22FN5O. The van der Waals surface area contributed by atoms with E-state index < -0.39 is 6.17 Å². The van der Waals surface area contributed by atoms with Gasteiger partial charge in [-0.1, -0.05) is 30.4 Å². The second-order valence-corrected chi connectivity index (χ2v) is 7.04. The molecule has 3 aromatic rings. The fourth-order valence-electron chi connectivity index (χ4n) is 3.76. The van der Waals surface area contributed by atoms with Gasteiger partial charge in [0.2, 0.25) is 0 Å². The summed E-state index contributed by atoms with van der Waals surface area (Å²) in [5.41, 5.74) is 10.2. The first-order valence-corrected chi connectivity index (χ1v) is 9.45. The molecule has 2 aromatic heterocycles. The van der Waals surface area contributed by atoms with Crippen LogP contribution in [0.2, 0.25) is 0 Å². The van der Waals surface area contributed by atoms with Crippen LogP contribution < -0.4 is 11.3 Å². The lowest BCUT2D eigenvalue weighted by Crippen LogP contribution is -2.13. The Hall–Kier alpha value is -3.32. The smallest absolute Gasteiger partial charge is 0.272 e. The Balaban J connectivity index is 1.96. The van der Waals surface area contributed by atoms with E-state index in [0.29, 0.717) is 28.5 Å². The lowest BCUT2D eigenvalue weighted by Gasteiger charge is -2.15. The van der Waals surface area contributed by atoms with E-state index in [0.717, 1.165) is 22.4 Å². The van der Waals surface area contributed by atoms with Crippen molar-refractivity contribution in [3.63, 3.8) is 0 Å². The first-order chi connectivity index (χ1) is 14.0. The van der Waals surface area contributed by atoms with Crippen LogP contribution in [0.3, 0.4) is 0 Å². The summed E-state index contributed by atoms with van der Waals surface area (Å²) in [6.07, 6.45) is 8.94.